The zero-order valence-electron chi connectivity index (χ0n) is 13.1. The minimum atomic E-state index is -0.366. The minimum absolute atomic E-state index is 0.00708. The highest BCUT2D eigenvalue weighted by Gasteiger charge is 2.41. The molecule has 0 spiro atoms. The highest BCUT2D eigenvalue weighted by atomic mass is 16.2. The van der Waals surface area contributed by atoms with Gasteiger partial charge < -0.3 is 10.2 Å². The van der Waals surface area contributed by atoms with Crippen molar-refractivity contribution in [2.24, 2.45) is 17.8 Å². The number of nitrogens with zero attached hydrogens (tertiary/aromatic N) is 1. The largest absolute Gasteiger partial charge is 0.342 e. The fourth-order valence-electron chi connectivity index (χ4n) is 2.53. The van der Waals surface area contributed by atoms with Crippen LogP contribution in [0.15, 0.2) is 0 Å². The van der Waals surface area contributed by atoms with Gasteiger partial charge in [-0.3, -0.25) is 9.59 Å². The summed E-state index contributed by atoms with van der Waals surface area (Å²) in [5.41, 5.74) is 0. The molecule has 0 aromatic heterocycles. The molecule has 4 nitrogen and oxygen atoms in total. The van der Waals surface area contributed by atoms with Gasteiger partial charge in [-0.05, 0) is 24.2 Å². The summed E-state index contributed by atoms with van der Waals surface area (Å²) in [7, 11) is 0. The van der Waals surface area contributed by atoms with Crippen LogP contribution in [0.25, 0.3) is 0 Å². The van der Waals surface area contributed by atoms with Crippen molar-refractivity contribution in [2.45, 2.75) is 60.0 Å². The van der Waals surface area contributed by atoms with Gasteiger partial charge in [-0.25, -0.2) is 0 Å². The smallest absolute Gasteiger partial charge is 0.246 e. The van der Waals surface area contributed by atoms with Crippen molar-refractivity contribution in [3.8, 4) is 0 Å². The molecule has 1 N–H and O–H groups in total. The lowest BCUT2D eigenvalue weighted by Gasteiger charge is -2.41. The second-order valence-corrected chi connectivity index (χ2v) is 6.76. The van der Waals surface area contributed by atoms with E-state index in [1.54, 1.807) is 4.90 Å². The van der Waals surface area contributed by atoms with E-state index in [1.807, 2.05) is 13.8 Å². The van der Waals surface area contributed by atoms with Crippen molar-refractivity contribution in [1.29, 1.82) is 0 Å². The maximum atomic E-state index is 12.6. The van der Waals surface area contributed by atoms with Gasteiger partial charge in [-0.15, -0.1) is 0 Å². The van der Waals surface area contributed by atoms with Crippen LogP contribution in [0.3, 0.4) is 0 Å². The molecule has 0 saturated carbocycles. The molecule has 1 rings (SSSR count). The van der Waals surface area contributed by atoms with Gasteiger partial charge >= 0.3 is 0 Å². The lowest BCUT2D eigenvalue weighted by molar-refractivity contribution is -0.151. The van der Waals surface area contributed by atoms with Crippen molar-refractivity contribution in [3.05, 3.63) is 0 Å². The first kappa shape index (κ1) is 16.0. The number of hydrogen-bond donors (Lipinski definition) is 1. The molecular formula is C15H28N2O2. The Morgan fingerprint density at radius 3 is 2.05 bits per heavy atom. The molecule has 2 amide bonds. The Morgan fingerprint density at radius 1 is 1.05 bits per heavy atom. The van der Waals surface area contributed by atoms with E-state index >= 15 is 0 Å². The molecule has 2 atom stereocenters. The number of rotatable bonds is 5. The van der Waals surface area contributed by atoms with Gasteiger partial charge in [-0.2, -0.15) is 0 Å². The van der Waals surface area contributed by atoms with E-state index in [0.29, 0.717) is 18.4 Å². The fourth-order valence-corrected chi connectivity index (χ4v) is 2.53. The molecule has 1 saturated heterocycles. The number of nitrogens with one attached hydrogen (secondary N) is 1. The van der Waals surface area contributed by atoms with E-state index in [0.717, 1.165) is 6.42 Å². The predicted molar refractivity (Wildman–Crippen MR) is 76.6 cm³/mol. The van der Waals surface area contributed by atoms with Gasteiger partial charge in [0, 0.05) is 6.54 Å². The molecule has 2 unspecified atom stereocenters. The number of amides is 2. The Morgan fingerprint density at radius 2 is 1.63 bits per heavy atom. The minimum Gasteiger partial charge on any atom is -0.342 e. The van der Waals surface area contributed by atoms with Crippen LogP contribution in [0.5, 0.6) is 0 Å². The topological polar surface area (TPSA) is 49.4 Å². The third-order valence-electron chi connectivity index (χ3n) is 3.45. The third-order valence-corrected chi connectivity index (χ3v) is 3.45. The van der Waals surface area contributed by atoms with E-state index in [2.05, 4.69) is 33.0 Å². The number of carbonyl (C=O) groups is 2. The zero-order valence-corrected chi connectivity index (χ0v) is 13.1. The molecule has 4 heteroatoms. The molecule has 19 heavy (non-hydrogen) atoms. The standard InChI is InChI=1S/C15H28N2O2/c1-9(2)7-12-14(18)16-13(11(5)6)15(19)17(12)8-10(3)4/h9-13H,7-8H2,1-6H3,(H,16,18). The summed E-state index contributed by atoms with van der Waals surface area (Å²) in [4.78, 5) is 26.6. The van der Waals surface area contributed by atoms with Crippen molar-refractivity contribution >= 4 is 11.8 Å². The lowest BCUT2D eigenvalue weighted by atomic mass is 9.93. The normalized spacial score (nSPS) is 24.6. The Balaban J connectivity index is 2.96. The maximum Gasteiger partial charge on any atom is 0.246 e. The summed E-state index contributed by atoms with van der Waals surface area (Å²) < 4.78 is 0. The van der Waals surface area contributed by atoms with Crippen molar-refractivity contribution in [1.82, 2.24) is 10.2 Å². The van der Waals surface area contributed by atoms with Crippen LogP contribution in [0.4, 0.5) is 0 Å². The van der Waals surface area contributed by atoms with Crippen LogP contribution in [0, 0.1) is 17.8 Å². The van der Waals surface area contributed by atoms with E-state index in [-0.39, 0.29) is 29.8 Å². The summed E-state index contributed by atoms with van der Waals surface area (Å²) in [6.45, 7) is 12.9. The quantitative estimate of drug-likeness (QED) is 0.829. The molecule has 0 aliphatic carbocycles. The monoisotopic (exact) mass is 268 g/mol. The summed E-state index contributed by atoms with van der Waals surface area (Å²) in [6.07, 6.45) is 0.731. The number of hydrogen-bond acceptors (Lipinski definition) is 2. The average Bonchev–Trinajstić information content (AvgIpc) is 2.26. The third kappa shape index (κ3) is 3.95. The van der Waals surface area contributed by atoms with Crippen LogP contribution >= 0.6 is 0 Å². The van der Waals surface area contributed by atoms with Gasteiger partial charge in [0.05, 0.1) is 0 Å². The molecule has 1 heterocycles. The van der Waals surface area contributed by atoms with Gasteiger partial charge in [0.25, 0.3) is 0 Å². The zero-order chi connectivity index (χ0) is 14.7. The molecule has 1 aliphatic heterocycles. The highest BCUT2D eigenvalue weighted by molar-refractivity contribution is 5.97. The van der Waals surface area contributed by atoms with Crippen LogP contribution in [0.2, 0.25) is 0 Å². The fraction of sp³-hybridized carbons (Fsp3) is 0.867. The summed E-state index contributed by atoms with van der Waals surface area (Å²) >= 11 is 0. The molecule has 0 bridgehead atoms. The van der Waals surface area contributed by atoms with Crippen molar-refractivity contribution in [3.63, 3.8) is 0 Å². The second kappa shape index (κ2) is 6.40. The van der Waals surface area contributed by atoms with Crippen LogP contribution in [-0.4, -0.2) is 35.3 Å². The van der Waals surface area contributed by atoms with Crippen LogP contribution in [-0.2, 0) is 9.59 Å². The van der Waals surface area contributed by atoms with Gasteiger partial charge in [0.2, 0.25) is 11.8 Å². The Labute approximate surface area is 116 Å². The number of piperazine rings is 1. The SMILES string of the molecule is CC(C)CC1C(=O)NC(C(C)C)C(=O)N1CC(C)C. The van der Waals surface area contributed by atoms with Crippen LogP contribution < -0.4 is 5.32 Å². The maximum absolute atomic E-state index is 12.6. The van der Waals surface area contributed by atoms with Crippen molar-refractivity contribution in [2.75, 3.05) is 6.54 Å². The summed E-state index contributed by atoms with van der Waals surface area (Å²) in [6, 6.07) is -0.667. The molecular weight excluding hydrogens is 240 g/mol. The van der Waals surface area contributed by atoms with Gasteiger partial charge in [0.15, 0.2) is 0 Å². The molecule has 110 valence electrons. The first-order valence-corrected chi connectivity index (χ1v) is 7.34. The highest BCUT2D eigenvalue weighted by Crippen LogP contribution is 2.21. The van der Waals surface area contributed by atoms with E-state index in [4.69, 9.17) is 0 Å². The first-order valence-electron chi connectivity index (χ1n) is 7.34. The first-order chi connectivity index (χ1) is 8.73. The molecule has 0 aromatic carbocycles. The van der Waals surface area contributed by atoms with E-state index in [9.17, 15) is 9.59 Å². The van der Waals surface area contributed by atoms with Crippen LogP contribution in [0.1, 0.15) is 48.0 Å². The Kier molecular flexibility index (Phi) is 5.39. The Hall–Kier alpha value is -1.06. The number of carbonyl (C=O) groups excluding carboxylic acids is 2. The Bertz CT molecular complexity index is 337. The predicted octanol–water partition coefficient (Wildman–Crippen LogP) is 2.04. The molecule has 0 aromatic rings. The van der Waals surface area contributed by atoms with E-state index < -0.39 is 0 Å². The molecule has 1 fully saturated rings. The molecule has 1 aliphatic rings. The lowest BCUT2D eigenvalue weighted by Crippen LogP contribution is -2.65. The second-order valence-electron chi connectivity index (χ2n) is 6.76. The summed E-state index contributed by atoms with van der Waals surface area (Å²) in [5.74, 6) is 0.985. The van der Waals surface area contributed by atoms with Gasteiger partial charge in [-0.1, -0.05) is 41.5 Å². The molecule has 0 radical (unpaired) electrons. The average molecular weight is 268 g/mol. The van der Waals surface area contributed by atoms with Crippen molar-refractivity contribution < 1.29 is 9.59 Å². The van der Waals surface area contributed by atoms with E-state index in [1.165, 1.54) is 0 Å². The summed E-state index contributed by atoms with van der Waals surface area (Å²) in [5, 5.41) is 2.89. The van der Waals surface area contributed by atoms with Gasteiger partial charge in [0.1, 0.15) is 12.1 Å².